The highest BCUT2D eigenvalue weighted by atomic mass is 19.1. The van der Waals surface area contributed by atoms with Gasteiger partial charge in [0.05, 0.1) is 6.04 Å². The van der Waals surface area contributed by atoms with Gasteiger partial charge in [-0.1, -0.05) is 12.1 Å². The average molecular weight is 290 g/mol. The third kappa shape index (κ3) is 3.43. The van der Waals surface area contributed by atoms with E-state index in [1.165, 1.54) is 25.0 Å². The van der Waals surface area contributed by atoms with Gasteiger partial charge in [-0.25, -0.2) is 4.39 Å². The third-order valence-corrected chi connectivity index (χ3v) is 4.54. The highest BCUT2D eigenvalue weighted by Crippen LogP contribution is 2.41. The van der Waals surface area contributed by atoms with Crippen molar-refractivity contribution in [3.63, 3.8) is 0 Å². The fourth-order valence-corrected chi connectivity index (χ4v) is 3.16. The van der Waals surface area contributed by atoms with E-state index in [9.17, 15) is 9.18 Å². The molecular weight excluding hydrogens is 267 g/mol. The minimum atomic E-state index is -0.213. The van der Waals surface area contributed by atoms with Crippen LogP contribution in [0.15, 0.2) is 24.3 Å². The number of carbonyl (C=O) groups excluding carboxylic acids is 1. The predicted molar refractivity (Wildman–Crippen MR) is 80.3 cm³/mol. The fraction of sp³-hybridized carbons (Fsp3) is 0.588. The number of amides is 1. The smallest absolute Gasteiger partial charge is 0.239 e. The number of hydrogen-bond donors (Lipinski definition) is 1. The van der Waals surface area contributed by atoms with Gasteiger partial charge in [0.25, 0.3) is 0 Å². The summed E-state index contributed by atoms with van der Waals surface area (Å²) >= 11 is 0. The monoisotopic (exact) mass is 290 g/mol. The zero-order valence-electron chi connectivity index (χ0n) is 12.5. The fourth-order valence-electron chi connectivity index (χ4n) is 3.16. The van der Waals surface area contributed by atoms with Crippen LogP contribution in [0.4, 0.5) is 4.39 Å². The molecule has 2 aliphatic rings. The van der Waals surface area contributed by atoms with E-state index < -0.39 is 0 Å². The van der Waals surface area contributed by atoms with Crippen molar-refractivity contribution in [2.45, 2.75) is 44.7 Å². The van der Waals surface area contributed by atoms with Crippen LogP contribution in [0, 0.1) is 11.7 Å². The number of nitrogens with zero attached hydrogens (tertiary/aromatic N) is 1. The maximum absolute atomic E-state index is 13.1. The van der Waals surface area contributed by atoms with Crippen molar-refractivity contribution in [3.8, 4) is 0 Å². The van der Waals surface area contributed by atoms with Gasteiger partial charge in [-0.3, -0.25) is 10.1 Å². The number of halogens is 1. The molecule has 1 aromatic rings. The van der Waals surface area contributed by atoms with Gasteiger partial charge in [-0.05, 0) is 56.2 Å². The van der Waals surface area contributed by atoms with Gasteiger partial charge in [0.1, 0.15) is 5.82 Å². The molecule has 0 bridgehead atoms. The summed E-state index contributed by atoms with van der Waals surface area (Å²) in [6.07, 6.45) is 4.59. The lowest BCUT2D eigenvalue weighted by molar-refractivity contribution is -0.132. The van der Waals surface area contributed by atoms with Gasteiger partial charge < -0.3 is 4.90 Å². The Morgan fingerprint density at radius 1 is 1.24 bits per heavy atom. The van der Waals surface area contributed by atoms with E-state index in [0.717, 1.165) is 31.5 Å². The van der Waals surface area contributed by atoms with Crippen molar-refractivity contribution in [2.75, 3.05) is 13.1 Å². The summed E-state index contributed by atoms with van der Waals surface area (Å²) in [5, 5.41) is 3.48. The second-order valence-electron chi connectivity index (χ2n) is 6.29. The van der Waals surface area contributed by atoms with E-state index in [1.54, 1.807) is 0 Å². The molecule has 2 unspecified atom stereocenters. The number of hydrogen-bond acceptors (Lipinski definition) is 2. The molecule has 1 aromatic carbocycles. The Morgan fingerprint density at radius 2 is 1.86 bits per heavy atom. The maximum atomic E-state index is 13.1. The van der Waals surface area contributed by atoms with Crippen LogP contribution in [0.5, 0.6) is 0 Å². The topological polar surface area (TPSA) is 32.3 Å². The molecule has 21 heavy (non-hydrogen) atoms. The number of likely N-dealkylation sites (tertiary alicyclic amines) is 1. The molecule has 0 aromatic heterocycles. The Morgan fingerprint density at radius 3 is 2.43 bits per heavy atom. The largest absolute Gasteiger partial charge is 0.341 e. The second kappa shape index (κ2) is 6.14. The number of carbonyl (C=O) groups is 1. The first-order valence-corrected chi connectivity index (χ1v) is 7.95. The molecule has 0 radical (unpaired) electrons. The summed E-state index contributed by atoms with van der Waals surface area (Å²) in [6.45, 7) is 3.71. The molecule has 114 valence electrons. The quantitative estimate of drug-likeness (QED) is 0.904. The van der Waals surface area contributed by atoms with Gasteiger partial charge in [-0.15, -0.1) is 0 Å². The van der Waals surface area contributed by atoms with Crippen LogP contribution in [-0.4, -0.2) is 29.9 Å². The van der Waals surface area contributed by atoms with Crippen LogP contribution in [0.25, 0.3) is 0 Å². The van der Waals surface area contributed by atoms with E-state index in [2.05, 4.69) is 5.32 Å². The normalized spacial score (nSPS) is 21.3. The van der Waals surface area contributed by atoms with Crippen molar-refractivity contribution in [3.05, 3.63) is 35.6 Å². The van der Waals surface area contributed by atoms with E-state index in [0.29, 0.717) is 5.92 Å². The molecule has 4 heteroatoms. The average Bonchev–Trinajstić information content (AvgIpc) is 3.18. The summed E-state index contributed by atoms with van der Waals surface area (Å²) in [5.74, 6) is 0.555. The summed E-state index contributed by atoms with van der Waals surface area (Å²) < 4.78 is 13.1. The minimum absolute atomic E-state index is 0.159. The highest BCUT2D eigenvalue weighted by Gasteiger charge is 2.35. The van der Waals surface area contributed by atoms with Gasteiger partial charge in [-0.2, -0.15) is 0 Å². The lowest BCUT2D eigenvalue weighted by Crippen LogP contribution is -2.45. The lowest BCUT2D eigenvalue weighted by atomic mass is 10.0. The molecule has 2 fully saturated rings. The molecule has 1 N–H and O–H groups in total. The van der Waals surface area contributed by atoms with Crippen LogP contribution >= 0.6 is 0 Å². The van der Waals surface area contributed by atoms with Crippen LogP contribution in [0.2, 0.25) is 0 Å². The Labute approximate surface area is 125 Å². The molecule has 1 aliphatic heterocycles. The van der Waals surface area contributed by atoms with E-state index in [1.807, 2.05) is 24.0 Å². The van der Waals surface area contributed by atoms with Crippen molar-refractivity contribution >= 4 is 5.91 Å². The third-order valence-electron chi connectivity index (χ3n) is 4.54. The number of rotatable bonds is 5. The summed E-state index contributed by atoms with van der Waals surface area (Å²) in [6, 6.07) is 6.64. The van der Waals surface area contributed by atoms with Crippen molar-refractivity contribution in [2.24, 2.45) is 5.92 Å². The SMILES string of the molecule is CC(NC(c1ccc(F)cc1)C1CC1)C(=O)N1CCCC1. The molecule has 1 saturated carbocycles. The van der Waals surface area contributed by atoms with Gasteiger partial charge in [0, 0.05) is 19.1 Å². The molecule has 1 amide bonds. The maximum Gasteiger partial charge on any atom is 0.239 e. The molecule has 1 heterocycles. The van der Waals surface area contributed by atoms with Crippen molar-refractivity contribution in [1.82, 2.24) is 10.2 Å². The number of benzene rings is 1. The first kappa shape index (κ1) is 14.5. The predicted octanol–water partition coefficient (Wildman–Crippen LogP) is 2.88. The van der Waals surface area contributed by atoms with Gasteiger partial charge in [0.15, 0.2) is 0 Å². The zero-order valence-corrected chi connectivity index (χ0v) is 12.5. The van der Waals surface area contributed by atoms with Crippen LogP contribution < -0.4 is 5.32 Å². The van der Waals surface area contributed by atoms with Crippen LogP contribution in [0.3, 0.4) is 0 Å². The number of nitrogens with one attached hydrogen (secondary N) is 1. The summed E-state index contributed by atoms with van der Waals surface area (Å²) in [5.41, 5.74) is 1.08. The van der Waals surface area contributed by atoms with E-state index >= 15 is 0 Å². The Kier molecular flexibility index (Phi) is 4.24. The standard InChI is InChI=1S/C17H23FN2O/c1-12(17(21)20-10-2-3-11-20)19-16(13-4-5-13)14-6-8-15(18)9-7-14/h6-9,12-13,16,19H,2-5,10-11H2,1H3. The molecule has 2 atom stereocenters. The Hall–Kier alpha value is -1.42. The van der Waals surface area contributed by atoms with Gasteiger partial charge >= 0.3 is 0 Å². The minimum Gasteiger partial charge on any atom is -0.341 e. The molecule has 3 nitrogen and oxygen atoms in total. The highest BCUT2D eigenvalue weighted by molar-refractivity contribution is 5.81. The Bertz CT molecular complexity index is 492. The molecule has 1 aliphatic carbocycles. The first-order valence-electron chi connectivity index (χ1n) is 7.95. The van der Waals surface area contributed by atoms with Gasteiger partial charge in [0.2, 0.25) is 5.91 Å². The van der Waals surface area contributed by atoms with E-state index in [-0.39, 0.29) is 23.8 Å². The molecular formula is C17H23FN2O. The molecule has 3 rings (SSSR count). The Balaban J connectivity index is 1.67. The second-order valence-corrected chi connectivity index (χ2v) is 6.29. The zero-order chi connectivity index (χ0) is 14.8. The molecule has 1 saturated heterocycles. The van der Waals surface area contributed by atoms with Crippen molar-refractivity contribution in [1.29, 1.82) is 0 Å². The van der Waals surface area contributed by atoms with Crippen molar-refractivity contribution < 1.29 is 9.18 Å². The molecule has 0 spiro atoms. The lowest BCUT2D eigenvalue weighted by Gasteiger charge is -2.26. The van der Waals surface area contributed by atoms with E-state index in [4.69, 9.17) is 0 Å². The first-order chi connectivity index (χ1) is 10.1. The van der Waals surface area contributed by atoms with Crippen LogP contribution in [0.1, 0.15) is 44.2 Å². The summed E-state index contributed by atoms with van der Waals surface area (Å²) in [7, 11) is 0. The summed E-state index contributed by atoms with van der Waals surface area (Å²) in [4.78, 5) is 14.4. The van der Waals surface area contributed by atoms with Crippen LogP contribution in [-0.2, 0) is 4.79 Å².